The lowest BCUT2D eigenvalue weighted by atomic mass is 10.2. The van der Waals surface area contributed by atoms with Crippen LogP contribution in [-0.4, -0.2) is 30.9 Å². The number of nitrogens with two attached hydrogens (primary N) is 1. The topological polar surface area (TPSA) is 90.2 Å². The predicted octanol–water partition coefficient (Wildman–Crippen LogP) is 2.33. The molecule has 0 saturated carbocycles. The van der Waals surface area contributed by atoms with E-state index in [0.29, 0.717) is 31.2 Å². The van der Waals surface area contributed by atoms with Gasteiger partial charge in [-0.1, -0.05) is 17.3 Å². The molecule has 0 spiro atoms. The fourth-order valence-electron chi connectivity index (χ4n) is 1.86. The summed E-state index contributed by atoms with van der Waals surface area (Å²) in [6.07, 6.45) is 0.753. The molecule has 20 heavy (non-hydrogen) atoms. The maximum absolute atomic E-state index is 8.81. The van der Waals surface area contributed by atoms with Crippen molar-refractivity contribution >= 4 is 16.8 Å². The third-order valence-electron chi connectivity index (χ3n) is 2.77. The molecule has 0 atom stereocenters. The number of hydrogen-bond donors (Lipinski definition) is 2. The quantitative estimate of drug-likeness (QED) is 0.267. The van der Waals surface area contributed by atoms with E-state index in [0.717, 1.165) is 11.8 Å². The minimum atomic E-state index is -0.110. The molecular formula is C14H18N2O4. The van der Waals surface area contributed by atoms with Crippen LogP contribution in [0.5, 0.6) is 5.75 Å². The second-order valence-corrected chi connectivity index (χ2v) is 4.14. The maximum Gasteiger partial charge on any atom is 0.215 e. The third-order valence-corrected chi connectivity index (χ3v) is 2.77. The van der Waals surface area contributed by atoms with Crippen molar-refractivity contribution in [1.29, 1.82) is 0 Å². The molecule has 3 N–H and O–H groups in total. The van der Waals surface area contributed by atoms with E-state index in [-0.39, 0.29) is 11.6 Å². The van der Waals surface area contributed by atoms with Crippen LogP contribution in [0.4, 0.5) is 0 Å². The molecule has 2 aromatic rings. The second-order valence-electron chi connectivity index (χ2n) is 4.14. The first kappa shape index (κ1) is 14.2. The van der Waals surface area contributed by atoms with Crippen molar-refractivity contribution < 1.29 is 19.1 Å². The van der Waals surface area contributed by atoms with Crippen LogP contribution in [0.25, 0.3) is 11.0 Å². The van der Waals surface area contributed by atoms with Crippen LogP contribution in [0.15, 0.2) is 33.8 Å². The summed E-state index contributed by atoms with van der Waals surface area (Å²) in [4.78, 5) is 0. The summed E-state index contributed by atoms with van der Waals surface area (Å²) in [7, 11) is 0. The smallest absolute Gasteiger partial charge is 0.215 e. The van der Waals surface area contributed by atoms with E-state index >= 15 is 0 Å². The fourth-order valence-corrected chi connectivity index (χ4v) is 1.86. The Morgan fingerprint density at radius 1 is 1.35 bits per heavy atom. The largest absolute Gasteiger partial charge is 0.489 e. The van der Waals surface area contributed by atoms with Crippen LogP contribution >= 0.6 is 0 Å². The molecule has 2 rings (SSSR count). The Balaban J connectivity index is 2.20. The Bertz CT molecular complexity index is 592. The lowest BCUT2D eigenvalue weighted by Gasteiger charge is -2.06. The van der Waals surface area contributed by atoms with Crippen molar-refractivity contribution in [2.45, 2.75) is 13.3 Å². The van der Waals surface area contributed by atoms with Gasteiger partial charge in [-0.3, -0.25) is 0 Å². The Morgan fingerprint density at radius 2 is 2.15 bits per heavy atom. The first-order valence-corrected chi connectivity index (χ1v) is 6.48. The van der Waals surface area contributed by atoms with E-state index in [1.54, 1.807) is 6.07 Å². The summed E-state index contributed by atoms with van der Waals surface area (Å²) in [5.74, 6) is 0.624. The van der Waals surface area contributed by atoms with Gasteiger partial charge >= 0.3 is 0 Å². The van der Waals surface area contributed by atoms with E-state index in [1.165, 1.54) is 0 Å². The molecule has 0 saturated heterocycles. The molecule has 0 fully saturated rings. The molecule has 0 aliphatic rings. The standard InChI is InChI=1S/C14H18N2O4/c1-2-18-8-5-9-19-12-10-6-3-4-7-11(10)20-13(12)14(15)16-17/h3-4,6-7,17H,2,5,8-9H2,1H3,(H2,15,16). The van der Waals surface area contributed by atoms with E-state index in [4.69, 9.17) is 24.8 Å². The summed E-state index contributed by atoms with van der Waals surface area (Å²) in [5.41, 5.74) is 6.25. The highest BCUT2D eigenvalue weighted by atomic mass is 16.5. The average molecular weight is 278 g/mol. The summed E-state index contributed by atoms with van der Waals surface area (Å²) >= 11 is 0. The van der Waals surface area contributed by atoms with Crippen molar-refractivity contribution in [1.82, 2.24) is 0 Å². The van der Waals surface area contributed by atoms with Crippen molar-refractivity contribution in [2.75, 3.05) is 19.8 Å². The number of amidine groups is 1. The van der Waals surface area contributed by atoms with Gasteiger partial charge in [-0.15, -0.1) is 0 Å². The molecule has 0 aliphatic heterocycles. The van der Waals surface area contributed by atoms with Crippen LogP contribution in [0.1, 0.15) is 19.1 Å². The number of oxime groups is 1. The number of ether oxygens (including phenoxy) is 2. The van der Waals surface area contributed by atoms with Gasteiger partial charge in [0.2, 0.25) is 11.6 Å². The second kappa shape index (κ2) is 6.81. The number of furan rings is 1. The van der Waals surface area contributed by atoms with Gasteiger partial charge < -0.3 is 24.8 Å². The maximum atomic E-state index is 8.81. The zero-order chi connectivity index (χ0) is 14.4. The molecule has 6 heteroatoms. The number of benzene rings is 1. The van der Waals surface area contributed by atoms with Crippen LogP contribution in [0.2, 0.25) is 0 Å². The van der Waals surface area contributed by atoms with Crippen LogP contribution in [0.3, 0.4) is 0 Å². The normalized spacial score (nSPS) is 11.9. The summed E-state index contributed by atoms with van der Waals surface area (Å²) < 4.78 is 16.5. The van der Waals surface area contributed by atoms with Crippen molar-refractivity contribution in [3.8, 4) is 5.75 Å². The van der Waals surface area contributed by atoms with Gasteiger partial charge in [-0.05, 0) is 19.1 Å². The molecule has 0 radical (unpaired) electrons. The molecule has 1 aromatic carbocycles. The van der Waals surface area contributed by atoms with Gasteiger partial charge in [-0.2, -0.15) is 0 Å². The summed E-state index contributed by atoms with van der Waals surface area (Å²) in [6.45, 7) is 3.73. The minimum Gasteiger partial charge on any atom is -0.489 e. The van der Waals surface area contributed by atoms with Crippen molar-refractivity contribution in [3.63, 3.8) is 0 Å². The lowest BCUT2D eigenvalue weighted by molar-refractivity contribution is 0.131. The Kier molecular flexibility index (Phi) is 4.84. The van der Waals surface area contributed by atoms with Gasteiger partial charge in [0.15, 0.2) is 5.75 Å². The molecular weight excluding hydrogens is 260 g/mol. The van der Waals surface area contributed by atoms with E-state index < -0.39 is 0 Å². The fraction of sp³-hybridized carbons (Fsp3) is 0.357. The predicted molar refractivity (Wildman–Crippen MR) is 75.3 cm³/mol. The van der Waals surface area contributed by atoms with Gasteiger partial charge in [0, 0.05) is 19.6 Å². The molecule has 0 bridgehead atoms. The highest BCUT2D eigenvalue weighted by Gasteiger charge is 2.18. The zero-order valence-corrected chi connectivity index (χ0v) is 11.3. The van der Waals surface area contributed by atoms with Crippen molar-refractivity contribution in [3.05, 3.63) is 30.0 Å². The van der Waals surface area contributed by atoms with Crippen LogP contribution in [0, 0.1) is 0 Å². The highest BCUT2D eigenvalue weighted by Crippen LogP contribution is 2.32. The van der Waals surface area contributed by atoms with Gasteiger partial charge in [0.1, 0.15) is 5.58 Å². The molecule has 0 unspecified atom stereocenters. The SMILES string of the molecule is CCOCCCOc1c(/C(N)=N/O)oc2ccccc12. The minimum absolute atomic E-state index is 0.110. The number of para-hydroxylation sites is 1. The zero-order valence-electron chi connectivity index (χ0n) is 11.3. The van der Waals surface area contributed by atoms with Crippen LogP contribution < -0.4 is 10.5 Å². The van der Waals surface area contributed by atoms with E-state index in [9.17, 15) is 0 Å². The number of rotatable bonds is 7. The average Bonchev–Trinajstić information content (AvgIpc) is 2.85. The van der Waals surface area contributed by atoms with Gasteiger partial charge in [0.05, 0.1) is 12.0 Å². The summed E-state index contributed by atoms with van der Waals surface area (Å²) in [6, 6.07) is 7.39. The molecule has 108 valence electrons. The van der Waals surface area contributed by atoms with Gasteiger partial charge in [-0.25, -0.2) is 0 Å². The number of nitrogens with zero attached hydrogens (tertiary/aromatic N) is 1. The highest BCUT2D eigenvalue weighted by molar-refractivity contribution is 6.03. The molecule has 1 aromatic heterocycles. The molecule has 0 amide bonds. The monoisotopic (exact) mass is 278 g/mol. The lowest BCUT2D eigenvalue weighted by Crippen LogP contribution is -2.14. The Labute approximate surface area is 116 Å². The van der Waals surface area contributed by atoms with E-state index in [1.807, 2.05) is 25.1 Å². The first-order valence-electron chi connectivity index (χ1n) is 6.48. The third kappa shape index (κ3) is 3.03. The Morgan fingerprint density at radius 3 is 2.90 bits per heavy atom. The van der Waals surface area contributed by atoms with Gasteiger partial charge in [0.25, 0.3) is 0 Å². The molecule has 0 aliphatic carbocycles. The van der Waals surface area contributed by atoms with Crippen molar-refractivity contribution in [2.24, 2.45) is 10.9 Å². The number of fused-ring (bicyclic) bond motifs is 1. The van der Waals surface area contributed by atoms with E-state index in [2.05, 4.69) is 5.16 Å². The molecule has 6 nitrogen and oxygen atoms in total. The van der Waals surface area contributed by atoms with Crippen LogP contribution in [-0.2, 0) is 4.74 Å². The number of hydrogen-bond acceptors (Lipinski definition) is 5. The molecule has 1 heterocycles. The summed E-state index contributed by atoms with van der Waals surface area (Å²) in [5, 5.41) is 12.6. The Hall–Kier alpha value is -2.21. The first-order chi connectivity index (χ1) is 9.77.